The summed E-state index contributed by atoms with van der Waals surface area (Å²) in [6.07, 6.45) is 0.401. The molecule has 7 heteroatoms. The van der Waals surface area contributed by atoms with Crippen molar-refractivity contribution >= 4 is 15.7 Å². The normalized spacial score (nSPS) is 18.0. The highest BCUT2D eigenvalue weighted by Crippen LogP contribution is 2.24. The molecule has 1 fully saturated rings. The highest BCUT2D eigenvalue weighted by molar-refractivity contribution is 7.91. The number of sulfone groups is 1. The minimum Gasteiger partial charge on any atom is -0.483 e. The van der Waals surface area contributed by atoms with E-state index in [9.17, 15) is 17.6 Å². The van der Waals surface area contributed by atoms with Crippen LogP contribution in [0.2, 0.25) is 0 Å². The summed E-state index contributed by atoms with van der Waals surface area (Å²) in [6.45, 7) is 3.86. The zero-order chi connectivity index (χ0) is 20.3. The van der Waals surface area contributed by atoms with Crippen LogP contribution >= 0.6 is 0 Å². The van der Waals surface area contributed by atoms with Gasteiger partial charge in [0.15, 0.2) is 16.4 Å². The fraction of sp³-hybridized carbons (Fsp3) is 0.381. The Morgan fingerprint density at radius 3 is 2.36 bits per heavy atom. The van der Waals surface area contributed by atoms with Gasteiger partial charge in [0, 0.05) is 12.6 Å². The number of amides is 1. The monoisotopic (exact) mass is 405 g/mol. The minimum absolute atomic E-state index is 0.0523. The lowest BCUT2D eigenvalue weighted by Gasteiger charge is -2.28. The highest BCUT2D eigenvalue weighted by atomic mass is 32.2. The number of hydrogen-bond donors (Lipinski definition) is 0. The number of ether oxygens (including phenoxy) is 1. The predicted molar refractivity (Wildman–Crippen MR) is 105 cm³/mol. The SMILES string of the molecule is Cc1cccc(C)c1OCC(=O)N(Cc1ccc(F)cc1)C1CCS(=O)(=O)C1. The molecule has 0 aromatic heterocycles. The van der Waals surface area contributed by atoms with E-state index in [2.05, 4.69) is 0 Å². The van der Waals surface area contributed by atoms with Crippen molar-refractivity contribution in [1.29, 1.82) is 0 Å². The average molecular weight is 405 g/mol. The van der Waals surface area contributed by atoms with Crippen LogP contribution in [0.15, 0.2) is 42.5 Å². The average Bonchev–Trinajstić information content (AvgIpc) is 3.00. The topological polar surface area (TPSA) is 63.7 Å². The van der Waals surface area contributed by atoms with E-state index in [-0.39, 0.29) is 36.4 Å². The van der Waals surface area contributed by atoms with Crippen LogP contribution in [0.3, 0.4) is 0 Å². The van der Waals surface area contributed by atoms with Crippen LogP contribution in [0.4, 0.5) is 4.39 Å². The fourth-order valence-corrected chi connectivity index (χ4v) is 5.20. The number of nitrogens with zero attached hydrogens (tertiary/aromatic N) is 1. The number of carbonyl (C=O) groups is 1. The van der Waals surface area contributed by atoms with E-state index in [4.69, 9.17) is 4.74 Å². The molecule has 1 atom stereocenters. The van der Waals surface area contributed by atoms with Crippen molar-refractivity contribution in [3.63, 3.8) is 0 Å². The summed E-state index contributed by atoms with van der Waals surface area (Å²) in [7, 11) is -3.15. The first kappa shape index (κ1) is 20.3. The van der Waals surface area contributed by atoms with Gasteiger partial charge in [0.05, 0.1) is 11.5 Å². The second-order valence-electron chi connectivity index (χ2n) is 7.21. The van der Waals surface area contributed by atoms with E-state index in [1.54, 1.807) is 17.0 Å². The molecule has 1 aliphatic heterocycles. The molecule has 0 bridgehead atoms. The standard InChI is InChI=1S/C21H24FNO4S/c1-15-4-3-5-16(2)21(15)27-13-20(24)23(19-10-11-28(25,26)14-19)12-17-6-8-18(22)9-7-17/h3-9,19H,10-14H2,1-2H3. The quantitative estimate of drug-likeness (QED) is 0.741. The van der Waals surface area contributed by atoms with E-state index >= 15 is 0 Å². The lowest BCUT2D eigenvalue weighted by molar-refractivity contribution is -0.136. The Bertz CT molecular complexity index is 937. The van der Waals surface area contributed by atoms with Crippen LogP contribution in [0, 0.1) is 19.7 Å². The van der Waals surface area contributed by atoms with Crippen molar-refractivity contribution in [1.82, 2.24) is 4.90 Å². The third-order valence-corrected chi connectivity index (χ3v) is 6.73. The maximum Gasteiger partial charge on any atom is 0.261 e. The molecule has 2 aromatic rings. The van der Waals surface area contributed by atoms with Gasteiger partial charge in [-0.2, -0.15) is 0 Å². The molecule has 0 N–H and O–H groups in total. The molecule has 1 heterocycles. The number of rotatable bonds is 6. The van der Waals surface area contributed by atoms with E-state index in [1.165, 1.54) is 12.1 Å². The summed E-state index contributed by atoms with van der Waals surface area (Å²) in [4.78, 5) is 14.5. The molecule has 1 amide bonds. The minimum atomic E-state index is -3.15. The van der Waals surface area contributed by atoms with E-state index in [0.717, 1.165) is 16.7 Å². The Labute approximate surface area is 165 Å². The van der Waals surface area contributed by atoms with Gasteiger partial charge in [0.1, 0.15) is 11.6 Å². The van der Waals surface area contributed by atoms with Gasteiger partial charge in [-0.15, -0.1) is 0 Å². The van der Waals surface area contributed by atoms with Crippen LogP contribution in [-0.2, 0) is 21.2 Å². The van der Waals surface area contributed by atoms with Gasteiger partial charge >= 0.3 is 0 Å². The van der Waals surface area contributed by atoms with Gasteiger partial charge in [-0.05, 0) is 49.1 Å². The third-order valence-electron chi connectivity index (χ3n) is 4.98. The van der Waals surface area contributed by atoms with Gasteiger partial charge in [0.25, 0.3) is 5.91 Å². The van der Waals surface area contributed by atoms with Crippen molar-refractivity contribution in [3.8, 4) is 5.75 Å². The molecule has 1 saturated heterocycles. The summed E-state index contributed by atoms with van der Waals surface area (Å²) < 4.78 is 42.8. The molecular formula is C21H24FNO4S. The molecule has 0 radical (unpaired) electrons. The summed E-state index contributed by atoms with van der Waals surface area (Å²) in [5, 5.41) is 0. The first-order chi connectivity index (χ1) is 13.2. The lowest BCUT2D eigenvalue weighted by atomic mass is 10.1. The van der Waals surface area contributed by atoms with Crippen molar-refractivity contribution in [2.75, 3.05) is 18.1 Å². The molecule has 0 aliphatic carbocycles. The lowest BCUT2D eigenvalue weighted by Crippen LogP contribution is -2.43. The van der Waals surface area contributed by atoms with Crippen molar-refractivity contribution in [3.05, 3.63) is 65.0 Å². The van der Waals surface area contributed by atoms with Crippen molar-refractivity contribution in [2.24, 2.45) is 0 Å². The van der Waals surface area contributed by atoms with Crippen LogP contribution in [0.25, 0.3) is 0 Å². The van der Waals surface area contributed by atoms with Crippen LogP contribution in [0.5, 0.6) is 5.75 Å². The smallest absolute Gasteiger partial charge is 0.261 e. The van der Waals surface area contributed by atoms with Crippen LogP contribution in [-0.4, -0.2) is 43.4 Å². The molecule has 5 nitrogen and oxygen atoms in total. The molecule has 1 unspecified atom stereocenters. The second-order valence-corrected chi connectivity index (χ2v) is 9.44. The number of hydrogen-bond acceptors (Lipinski definition) is 4. The van der Waals surface area contributed by atoms with Gasteiger partial charge in [0.2, 0.25) is 0 Å². The Hall–Kier alpha value is -2.41. The third kappa shape index (κ3) is 4.90. The molecule has 0 saturated carbocycles. The van der Waals surface area contributed by atoms with E-state index in [1.807, 2.05) is 32.0 Å². The molecule has 2 aromatic carbocycles. The zero-order valence-electron chi connectivity index (χ0n) is 16.0. The molecule has 3 rings (SSSR count). The largest absolute Gasteiger partial charge is 0.483 e. The number of halogens is 1. The van der Waals surface area contributed by atoms with Gasteiger partial charge in [-0.1, -0.05) is 30.3 Å². The predicted octanol–water partition coefficient (Wildman–Crippen LogP) is 3.04. The molecule has 0 spiro atoms. The summed E-state index contributed by atoms with van der Waals surface area (Å²) in [6, 6.07) is 11.2. The highest BCUT2D eigenvalue weighted by Gasteiger charge is 2.34. The number of carbonyl (C=O) groups excluding carboxylic acids is 1. The van der Waals surface area contributed by atoms with Gasteiger partial charge < -0.3 is 9.64 Å². The first-order valence-electron chi connectivity index (χ1n) is 9.18. The van der Waals surface area contributed by atoms with Crippen molar-refractivity contribution < 1.29 is 22.3 Å². The Morgan fingerprint density at radius 1 is 1.14 bits per heavy atom. The van der Waals surface area contributed by atoms with Gasteiger partial charge in [-0.25, -0.2) is 12.8 Å². The molecule has 28 heavy (non-hydrogen) atoms. The Kier molecular flexibility index (Phi) is 6.03. The number of para-hydroxylation sites is 1. The summed E-state index contributed by atoms with van der Waals surface area (Å²) >= 11 is 0. The summed E-state index contributed by atoms with van der Waals surface area (Å²) in [5.74, 6) is 0.0421. The van der Waals surface area contributed by atoms with Crippen LogP contribution < -0.4 is 4.74 Å². The molecule has 1 aliphatic rings. The first-order valence-corrected chi connectivity index (χ1v) is 11.0. The Morgan fingerprint density at radius 2 is 1.79 bits per heavy atom. The van der Waals surface area contributed by atoms with E-state index < -0.39 is 15.9 Å². The van der Waals surface area contributed by atoms with Crippen LogP contribution in [0.1, 0.15) is 23.1 Å². The molecular weight excluding hydrogens is 381 g/mol. The maximum absolute atomic E-state index is 13.2. The maximum atomic E-state index is 13.2. The molecule has 150 valence electrons. The number of aryl methyl sites for hydroxylation is 2. The summed E-state index contributed by atoms with van der Waals surface area (Å²) in [5.41, 5.74) is 2.61. The van der Waals surface area contributed by atoms with E-state index in [0.29, 0.717) is 12.2 Å². The van der Waals surface area contributed by atoms with Crippen molar-refractivity contribution in [2.45, 2.75) is 32.9 Å². The zero-order valence-corrected chi connectivity index (χ0v) is 16.8. The Balaban J connectivity index is 1.77. The number of benzene rings is 2. The van der Waals surface area contributed by atoms with Gasteiger partial charge in [-0.3, -0.25) is 4.79 Å². The fourth-order valence-electron chi connectivity index (χ4n) is 3.47. The second kappa shape index (κ2) is 8.31.